The molecule has 5 heteroatoms. The summed E-state index contributed by atoms with van der Waals surface area (Å²) in [6.45, 7) is 0.404. The maximum absolute atomic E-state index is 13.6. The number of halogens is 1. The van der Waals surface area contributed by atoms with E-state index in [4.69, 9.17) is 4.74 Å². The highest BCUT2D eigenvalue weighted by Gasteiger charge is 2.52. The number of fused-ring (bicyclic) bond motifs is 1. The number of H-pyrrole nitrogens is 1. The fraction of sp³-hybridized carbons (Fsp3) is 0.250. The Kier molecular flexibility index (Phi) is 3.71. The van der Waals surface area contributed by atoms with Crippen molar-refractivity contribution in [1.29, 1.82) is 0 Å². The number of methoxy groups -OCH3 is 1. The van der Waals surface area contributed by atoms with Crippen molar-refractivity contribution >= 4 is 16.8 Å². The van der Waals surface area contributed by atoms with Crippen molar-refractivity contribution in [3.63, 3.8) is 0 Å². The van der Waals surface area contributed by atoms with Gasteiger partial charge >= 0.3 is 0 Å². The Morgan fingerprint density at radius 2 is 2.08 bits per heavy atom. The molecule has 0 spiro atoms. The zero-order valence-electron chi connectivity index (χ0n) is 13.9. The third kappa shape index (κ3) is 2.65. The topological polar surface area (TPSA) is 54.1 Å². The van der Waals surface area contributed by atoms with Gasteiger partial charge in [-0.1, -0.05) is 18.2 Å². The zero-order chi connectivity index (χ0) is 17.4. The second-order valence-corrected chi connectivity index (χ2v) is 6.47. The highest BCUT2D eigenvalue weighted by molar-refractivity contribution is 5.97. The van der Waals surface area contributed by atoms with Crippen LogP contribution in [0.15, 0.2) is 48.7 Å². The van der Waals surface area contributed by atoms with Gasteiger partial charge in [0.15, 0.2) is 0 Å². The predicted octanol–water partition coefficient (Wildman–Crippen LogP) is 3.66. The van der Waals surface area contributed by atoms with E-state index in [-0.39, 0.29) is 11.7 Å². The highest BCUT2D eigenvalue weighted by Crippen LogP contribution is 2.50. The van der Waals surface area contributed by atoms with Crippen molar-refractivity contribution in [2.75, 3.05) is 7.11 Å². The molecule has 0 bridgehead atoms. The molecule has 4 rings (SSSR count). The van der Waals surface area contributed by atoms with Crippen LogP contribution in [0.1, 0.15) is 24.0 Å². The minimum Gasteiger partial charge on any atom is -0.496 e. The number of hydrogen-bond acceptors (Lipinski definition) is 2. The highest BCUT2D eigenvalue weighted by atomic mass is 19.1. The van der Waals surface area contributed by atoms with E-state index in [1.807, 2.05) is 30.5 Å². The van der Waals surface area contributed by atoms with Crippen LogP contribution in [-0.2, 0) is 16.8 Å². The molecular formula is C20H19FN2O2. The third-order valence-corrected chi connectivity index (χ3v) is 4.98. The summed E-state index contributed by atoms with van der Waals surface area (Å²) in [6.07, 6.45) is 3.38. The molecule has 0 saturated heterocycles. The molecule has 1 fully saturated rings. The number of para-hydroxylation sites is 1. The fourth-order valence-electron chi connectivity index (χ4n) is 3.43. The average molecular weight is 338 g/mol. The van der Waals surface area contributed by atoms with E-state index in [1.54, 1.807) is 13.2 Å². The molecule has 3 aromatic rings. The van der Waals surface area contributed by atoms with E-state index in [2.05, 4.69) is 10.3 Å². The Labute approximate surface area is 145 Å². The molecule has 2 aromatic carbocycles. The quantitative estimate of drug-likeness (QED) is 0.746. The lowest BCUT2D eigenvalue weighted by molar-refractivity contribution is -0.123. The first kappa shape index (κ1) is 15.7. The number of nitrogens with one attached hydrogen (secondary N) is 2. The molecule has 1 aliphatic rings. The van der Waals surface area contributed by atoms with Crippen LogP contribution in [0.5, 0.6) is 5.75 Å². The molecule has 1 aromatic heterocycles. The maximum atomic E-state index is 13.6. The Morgan fingerprint density at radius 3 is 2.84 bits per heavy atom. The summed E-state index contributed by atoms with van der Waals surface area (Å²) in [5, 5.41) is 3.80. The summed E-state index contributed by atoms with van der Waals surface area (Å²) in [4.78, 5) is 16.0. The number of amides is 1. The van der Waals surface area contributed by atoms with Crippen LogP contribution in [-0.4, -0.2) is 18.0 Å². The summed E-state index contributed by atoms with van der Waals surface area (Å²) in [7, 11) is 1.61. The Morgan fingerprint density at radius 1 is 1.28 bits per heavy atom. The van der Waals surface area contributed by atoms with Gasteiger partial charge in [0.2, 0.25) is 5.91 Å². The van der Waals surface area contributed by atoms with Crippen LogP contribution < -0.4 is 10.1 Å². The van der Waals surface area contributed by atoms with Gasteiger partial charge in [-0.25, -0.2) is 4.39 Å². The normalized spacial score (nSPS) is 15.1. The van der Waals surface area contributed by atoms with Crippen LogP contribution in [0.3, 0.4) is 0 Å². The van der Waals surface area contributed by atoms with Crippen molar-refractivity contribution in [2.24, 2.45) is 0 Å². The van der Waals surface area contributed by atoms with Gasteiger partial charge in [-0.15, -0.1) is 0 Å². The standard InChI is InChI=1S/C20H19FN2O2/c1-25-18-5-3-2-4-13(18)11-23-19(24)20(8-9-20)16-12-22-17-7-6-14(21)10-15(16)17/h2-7,10,12,22H,8-9,11H2,1H3,(H,23,24). The van der Waals surface area contributed by atoms with Crippen molar-refractivity contribution in [3.8, 4) is 5.75 Å². The van der Waals surface area contributed by atoms with Crippen molar-refractivity contribution in [3.05, 3.63) is 65.6 Å². The molecule has 2 N–H and O–H groups in total. The van der Waals surface area contributed by atoms with Gasteiger partial charge in [0.05, 0.1) is 12.5 Å². The molecular weight excluding hydrogens is 319 g/mol. The number of aromatic amines is 1. The lowest BCUT2D eigenvalue weighted by Gasteiger charge is -2.16. The molecule has 4 nitrogen and oxygen atoms in total. The van der Waals surface area contributed by atoms with Gasteiger partial charge < -0.3 is 15.0 Å². The summed E-state index contributed by atoms with van der Waals surface area (Å²) in [6, 6.07) is 12.2. The first-order valence-corrected chi connectivity index (χ1v) is 8.31. The van der Waals surface area contributed by atoms with E-state index in [0.717, 1.165) is 40.6 Å². The van der Waals surface area contributed by atoms with Crippen molar-refractivity contribution < 1.29 is 13.9 Å². The van der Waals surface area contributed by atoms with E-state index in [9.17, 15) is 9.18 Å². The SMILES string of the molecule is COc1ccccc1CNC(=O)C1(c2c[nH]c3ccc(F)cc23)CC1. The second-order valence-electron chi connectivity index (χ2n) is 6.47. The lowest BCUT2D eigenvalue weighted by Crippen LogP contribution is -2.34. The monoisotopic (exact) mass is 338 g/mol. The largest absolute Gasteiger partial charge is 0.496 e. The summed E-state index contributed by atoms with van der Waals surface area (Å²) < 4.78 is 19.0. The van der Waals surface area contributed by atoms with Gasteiger partial charge in [0.1, 0.15) is 11.6 Å². The Hall–Kier alpha value is -2.82. The van der Waals surface area contributed by atoms with E-state index < -0.39 is 5.41 Å². The molecule has 128 valence electrons. The summed E-state index contributed by atoms with van der Waals surface area (Å²) in [5.74, 6) is 0.434. The molecule has 1 heterocycles. The van der Waals surface area contributed by atoms with E-state index >= 15 is 0 Å². The summed E-state index contributed by atoms with van der Waals surface area (Å²) in [5.41, 5.74) is 2.09. The lowest BCUT2D eigenvalue weighted by atomic mass is 9.94. The second kappa shape index (κ2) is 5.92. The molecule has 1 amide bonds. The van der Waals surface area contributed by atoms with E-state index in [0.29, 0.717) is 6.54 Å². The number of carbonyl (C=O) groups excluding carboxylic acids is 1. The van der Waals surface area contributed by atoms with Crippen LogP contribution in [0, 0.1) is 5.82 Å². The zero-order valence-corrected chi connectivity index (χ0v) is 13.9. The van der Waals surface area contributed by atoms with Gasteiger partial charge in [-0.2, -0.15) is 0 Å². The first-order chi connectivity index (χ1) is 12.1. The minimum atomic E-state index is -0.561. The number of ether oxygens (including phenoxy) is 1. The minimum absolute atomic E-state index is 0.0245. The molecule has 1 aliphatic carbocycles. The van der Waals surface area contributed by atoms with Crippen molar-refractivity contribution in [1.82, 2.24) is 10.3 Å². The number of aromatic nitrogens is 1. The van der Waals surface area contributed by atoms with Gasteiger partial charge in [0, 0.05) is 29.2 Å². The van der Waals surface area contributed by atoms with Gasteiger partial charge in [-0.05, 0) is 42.7 Å². The molecule has 0 radical (unpaired) electrons. The van der Waals surface area contributed by atoms with Crippen LogP contribution >= 0.6 is 0 Å². The predicted molar refractivity (Wildman–Crippen MR) is 94.0 cm³/mol. The Balaban J connectivity index is 1.58. The van der Waals surface area contributed by atoms with Gasteiger partial charge in [-0.3, -0.25) is 4.79 Å². The van der Waals surface area contributed by atoms with Crippen LogP contribution in [0.25, 0.3) is 10.9 Å². The molecule has 25 heavy (non-hydrogen) atoms. The number of carbonyl (C=O) groups is 1. The maximum Gasteiger partial charge on any atom is 0.231 e. The molecule has 0 unspecified atom stereocenters. The number of benzene rings is 2. The Bertz CT molecular complexity index is 944. The average Bonchev–Trinajstić information content (AvgIpc) is 3.34. The van der Waals surface area contributed by atoms with Crippen molar-refractivity contribution in [2.45, 2.75) is 24.8 Å². The first-order valence-electron chi connectivity index (χ1n) is 8.31. The number of rotatable bonds is 5. The molecule has 1 saturated carbocycles. The van der Waals surface area contributed by atoms with Gasteiger partial charge in [0.25, 0.3) is 0 Å². The van der Waals surface area contributed by atoms with E-state index in [1.165, 1.54) is 12.1 Å². The van der Waals surface area contributed by atoms with Crippen LogP contribution in [0.4, 0.5) is 4.39 Å². The molecule has 0 aliphatic heterocycles. The third-order valence-electron chi connectivity index (χ3n) is 4.98. The smallest absolute Gasteiger partial charge is 0.231 e. The van der Waals surface area contributed by atoms with Crippen LogP contribution in [0.2, 0.25) is 0 Å². The fourth-order valence-corrected chi connectivity index (χ4v) is 3.43. The summed E-state index contributed by atoms with van der Waals surface area (Å²) >= 11 is 0. The number of hydrogen-bond donors (Lipinski definition) is 2. The molecule has 0 atom stereocenters.